The highest BCUT2D eigenvalue weighted by molar-refractivity contribution is 9.10. The van der Waals surface area contributed by atoms with Crippen LogP contribution in [-0.2, 0) is 6.54 Å². The maximum Gasteiger partial charge on any atom is 0.247 e. The van der Waals surface area contributed by atoms with Gasteiger partial charge >= 0.3 is 0 Å². The van der Waals surface area contributed by atoms with Gasteiger partial charge in [-0.1, -0.05) is 28.4 Å². The first kappa shape index (κ1) is 15.6. The second-order valence-electron chi connectivity index (χ2n) is 5.59. The second-order valence-corrected chi connectivity index (χ2v) is 6.51. The van der Waals surface area contributed by atoms with E-state index in [2.05, 4.69) is 36.3 Å². The Morgan fingerprint density at radius 2 is 2.05 bits per heavy atom. The Kier molecular flexibility index (Phi) is 5.58. The summed E-state index contributed by atoms with van der Waals surface area (Å²) < 4.78 is 6.70. The lowest BCUT2D eigenvalue weighted by molar-refractivity contribution is 0.228. The van der Waals surface area contributed by atoms with Crippen LogP contribution in [0.2, 0.25) is 0 Å². The molecule has 0 saturated carbocycles. The van der Waals surface area contributed by atoms with Gasteiger partial charge in [-0.25, -0.2) is 0 Å². The molecule has 5 nitrogen and oxygen atoms in total. The van der Waals surface area contributed by atoms with Crippen LogP contribution in [0.25, 0.3) is 11.5 Å². The van der Waals surface area contributed by atoms with Crippen molar-refractivity contribution in [2.45, 2.75) is 25.8 Å². The van der Waals surface area contributed by atoms with E-state index in [1.807, 2.05) is 24.3 Å². The van der Waals surface area contributed by atoms with Crippen molar-refractivity contribution in [3.8, 4) is 11.5 Å². The minimum Gasteiger partial charge on any atom is -0.419 e. The summed E-state index contributed by atoms with van der Waals surface area (Å²) >= 11 is 3.45. The monoisotopic (exact) mass is 364 g/mol. The third-order valence-corrected chi connectivity index (χ3v) is 4.36. The Balaban J connectivity index is 1.45. The van der Waals surface area contributed by atoms with E-state index in [0.29, 0.717) is 18.3 Å². The highest BCUT2D eigenvalue weighted by Crippen LogP contribution is 2.21. The topological polar surface area (TPSA) is 54.2 Å². The molecule has 1 aromatic carbocycles. The third kappa shape index (κ3) is 4.38. The lowest BCUT2D eigenvalue weighted by Gasteiger charge is -2.26. The zero-order valence-corrected chi connectivity index (χ0v) is 14.2. The highest BCUT2D eigenvalue weighted by Gasteiger charge is 2.10. The summed E-state index contributed by atoms with van der Waals surface area (Å²) in [5, 5.41) is 11.6. The summed E-state index contributed by atoms with van der Waals surface area (Å²) in [6, 6.07) is 7.87. The van der Waals surface area contributed by atoms with Gasteiger partial charge in [-0.15, -0.1) is 10.2 Å². The molecule has 1 fully saturated rings. The molecule has 118 valence electrons. The SMILES string of the molecule is Brc1cccc(-c2nnc(CNCCN3CCCCC3)o2)c1. The van der Waals surface area contributed by atoms with Crippen molar-refractivity contribution in [1.82, 2.24) is 20.4 Å². The standard InChI is InChI=1S/C16H21BrN4O/c17-14-6-4-5-13(11-14)16-20-19-15(22-16)12-18-7-10-21-8-2-1-3-9-21/h4-6,11,18H,1-3,7-10,12H2. The van der Waals surface area contributed by atoms with Crippen LogP contribution in [0.1, 0.15) is 25.2 Å². The molecule has 1 saturated heterocycles. The molecule has 1 aliphatic heterocycles. The summed E-state index contributed by atoms with van der Waals surface area (Å²) in [5.41, 5.74) is 0.932. The number of piperidine rings is 1. The predicted molar refractivity (Wildman–Crippen MR) is 89.4 cm³/mol. The van der Waals surface area contributed by atoms with E-state index in [1.165, 1.54) is 32.4 Å². The van der Waals surface area contributed by atoms with Crippen molar-refractivity contribution in [3.05, 3.63) is 34.6 Å². The van der Waals surface area contributed by atoms with Gasteiger partial charge in [0, 0.05) is 23.1 Å². The molecule has 1 N–H and O–H groups in total. The van der Waals surface area contributed by atoms with Crippen LogP contribution in [0.4, 0.5) is 0 Å². The van der Waals surface area contributed by atoms with Gasteiger partial charge in [0.1, 0.15) is 0 Å². The Morgan fingerprint density at radius 3 is 2.86 bits per heavy atom. The first-order valence-electron chi connectivity index (χ1n) is 7.83. The average Bonchev–Trinajstić information content (AvgIpc) is 3.02. The van der Waals surface area contributed by atoms with Gasteiger partial charge in [0.2, 0.25) is 11.8 Å². The van der Waals surface area contributed by atoms with Gasteiger partial charge in [0.05, 0.1) is 6.54 Å². The Hall–Kier alpha value is -1.24. The van der Waals surface area contributed by atoms with E-state index >= 15 is 0 Å². The molecule has 1 aromatic heterocycles. The van der Waals surface area contributed by atoms with Crippen molar-refractivity contribution in [3.63, 3.8) is 0 Å². The fourth-order valence-corrected chi connectivity index (χ4v) is 3.08. The second kappa shape index (κ2) is 7.85. The Labute approximate surface area is 139 Å². The van der Waals surface area contributed by atoms with Crippen LogP contribution < -0.4 is 5.32 Å². The Bertz CT molecular complexity index is 595. The van der Waals surface area contributed by atoms with Crippen molar-refractivity contribution in [2.75, 3.05) is 26.2 Å². The molecular formula is C16H21BrN4O. The molecule has 1 aliphatic rings. The lowest BCUT2D eigenvalue weighted by Crippen LogP contribution is -2.35. The molecule has 0 spiro atoms. The van der Waals surface area contributed by atoms with Crippen LogP contribution in [0.5, 0.6) is 0 Å². The highest BCUT2D eigenvalue weighted by atomic mass is 79.9. The number of hydrogen-bond acceptors (Lipinski definition) is 5. The van der Waals surface area contributed by atoms with E-state index in [-0.39, 0.29) is 0 Å². The molecule has 6 heteroatoms. The fourth-order valence-electron chi connectivity index (χ4n) is 2.68. The lowest BCUT2D eigenvalue weighted by atomic mass is 10.1. The molecule has 0 aliphatic carbocycles. The van der Waals surface area contributed by atoms with Crippen LogP contribution in [-0.4, -0.2) is 41.3 Å². The molecule has 0 amide bonds. The molecule has 0 unspecified atom stereocenters. The van der Waals surface area contributed by atoms with Crippen LogP contribution in [0.3, 0.4) is 0 Å². The summed E-state index contributed by atoms with van der Waals surface area (Å²) in [7, 11) is 0. The fraction of sp³-hybridized carbons (Fsp3) is 0.500. The maximum absolute atomic E-state index is 5.70. The molecule has 2 heterocycles. The van der Waals surface area contributed by atoms with Crippen molar-refractivity contribution >= 4 is 15.9 Å². The van der Waals surface area contributed by atoms with E-state index in [9.17, 15) is 0 Å². The van der Waals surface area contributed by atoms with Crippen molar-refractivity contribution < 1.29 is 4.42 Å². The van der Waals surface area contributed by atoms with E-state index < -0.39 is 0 Å². The summed E-state index contributed by atoms with van der Waals surface area (Å²) in [5.74, 6) is 1.20. The Morgan fingerprint density at radius 1 is 1.18 bits per heavy atom. The summed E-state index contributed by atoms with van der Waals surface area (Å²) in [6.07, 6.45) is 4.05. The van der Waals surface area contributed by atoms with Crippen molar-refractivity contribution in [2.24, 2.45) is 0 Å². The van der Waals surface area contributed by atoms with Crippen LogP contribution in [0.15, 0.2) is 33.2 Å². The summed E-state index contributed by atoms with van der Waals surface area (Å²) in [6.45, 7) is 5.13. The largest absolute Gasteiger partial charge is 0.419 e. The number of likely N-dealkylation sites (tertiary alicyclic amines) is 1. The molecule has 0 atom stereocenters. The van der Waals surface area contributed by atoms with Crippen LogP contribution >= 0.6 is 15.9 Å². The quantitative estimate of drug-likeness (QED) is 0.798. The zero-order valence-electron chi connectivity index (χ0n) is 12.6. The number of halogens is 1. The number of aromatic nitrogens is 2. The minimum absolute atomic E-state index is 0.564. The first-order valence-corrected chi connectivity index (χ1v) is 8.62. The number of nitrogens with one attached hydrogen (secondary N) is 1. The van der Waals surface area contributed by atoms with E-state index in [0.717, 1.165) is 23.1 Å². The van der Waals surface area contributed by atoms with E-state index in [4.69, 9.17) is 4.42 Å². The van der Waals surface area contributed by atoms with Gasteiger partial charge in [0.25, 0.3) is 0 Å². The molecule has 22 heavy (non-hydrogen) atoms. The smallest absolute Gasteiger partial charge is 0.247 e. The van der Waals surface area contributed by atoms with Crippen molar-refractivity contribution in [1.29, 1.82) is 0 Å². The number of nitrogens with zero attached hydrogens (tertiary/aromatic N) is 3. The molecule has 2 aromatic rings. The first-order chi connectivity index (χ1) is 10.8. The summed E-state index contributed by atoms with van der Waals surface area (Å²) in [4.78, 5) is 2.51. The maximum atomic E-state index is 5.70. The molecule has 3 rings (SSSR count). The average molecular weight is 365 g/mol. The van der Waals surface area contributed by atoms with E-state index in [1.54, 1.807) is 0 Å². The normalized spacial score (nSPS) is 16.0. The number of rotatable bonds is 6. The van der Waals surface area contributed by atoms with Crippen LogP contribution in [0, 0.1) is 0 Å². The molecule has 0 radical (unpaired) electrons. The third-order valence-electron chi connectivity index (χ3n) is 3.87. The minimum atomic E-state index is 0.564. The predicted octanol–water partition coefficient (Wildman–Crippen LogP) is 3.07. The molecular weight excluding hydrogens is 344 g/mol. The number of benzene rings is 1. The van der Waals surface area contributed by atoms with Gasteiger partial charge in [-0.2, -0.15) is 0 Å². The zero-order chi connectivity index (χ0) is 15.2. The van der Waals surface area contributed by atoms with Gasteiger partial charge in [-0.3, -0.25) is 0 Å². The molecule has 0 bridgehead atoms. The van der Waals surface area contributed by atoms with Gasteiger partial charge in [-0.05, 0) is 44.1 Å². The van der Waals surface area contributed by atoms with Gasteiger partial charge < -0.3 is 14.6 Å². The number of hydrogen-bond donors (Lipinski definition) is 1. The van der Waals surface area contributed by atoms with Gasteiger partial charge in [0.15, 0.2) is 0 Å².